The number of imidazole rings is 1. The van der Waals surface area contributed by atoms with E-state index in [0.29, 0.717) is 22.3 Å². The Hall–Kier alpha value is -2.79. The van der Waals surface area contributed by atoms with Gasteiger partial charge in [-0.2, -0.15) is 18.2 Å². The lowest BCUT2D eigenvalue weighted by Crippen LogP contribution is -2.25. The summed E-state index contributed by atoms with van der Waals surface area (Å²) in [4.78, 5) is 20.8. The highest BCUT2D eigenvalue weighted by Crippen LogP contribution is 2.27. The number of aromatic nitrogens is 3. The number of ether oxygens (including phenoxy) is 2. The predicted octanol–water partition coefficient (Wildman–Crippen LogP) is 4.54. The second-order valence-electron chi connectivity index (χ2n) is 8.40. The maximum absolute atomic E-state index is 13.3. The maximum Gasteiger partial charge on any atom is 0.422 e. The van der Waals surface area contributed by atoms with Gasteiger partial charge in [0.05, 0.1) is 22.1 Å². The molecule has 0 fully saturated rings. The zero-order valence-electron chi connectivity index (χ0n) is 18.6. The Balaban J connectivity index is 1.87. The van der Waals surface area contributed by atoms with Gasteiger partial charge in [-0.25, -0.2) is 4.57 Å². The number of carbonyl (C=O) groups is 1. The average molecular weight is 484 g/mol. The fraction of sp³-hybridized carbons (Fsp3) is 0.409. The van der Waals surface area contributed by atoms with Crippen molar-refractivity contribution in [3.63, 3.8) is 0 Å². The van der Waals surface area contributed by atoms with Crippen LogP contribution in [0.4, 0.5) is 13.2 Å². The molecule has 2 aromatic heterocycles. The third kappa shape index (κ3) is 6.17. The highest BCUT2D eigenvalue weighted by Gasteiger charge is 2.30. The molecule has 3 rings (SSSR count). The predicted molar refractivity (Wildman–Crippen MR) is 116 cm³/mol. The van der Waals surface area contributed by atoms with Crippen LogP contribution >= 0.6 is 0 Å². The SMILES string of the molecule is Cc1c(OCC(F)(F)F)ccnc1C[S+]([O-])c1nc2ccccc2n1COC(=O)C(C)(C)C. The molecule has 0 aliphatic carbocycles. The number of esters is 1. The topological polar surface area (TPSA) is 89.3 Å². The van der Waals surface area contributed by atoms with Crippen LogP contribution in [0.1, 0.15) is 32.0 Å². The van der Waals surface area contributed by atoms with Gasteiger partial charge in [-0.1, -0.05) is 12.1 Å². The van der Waals surface area contributed by atoms with Gasteiger partial charge in [0.2, 0.25) is 0 Å². The first kappa shape index (κ1) is 24.8. The molecule has 0 saturated carbocycles. The minimum atomic E-state index is -4.48. The largest absolute Gasteiger partial charge is 0.609 e. The lowest BCUT2D eigenvalue weighted by Gasteiger charge is -2.18. The van der Waals surface area contributed by atoms with Gasteiger partial charge in [-0.3, -0.25) is 9.78 Å². The summed E-state index contributed by atoms with van der Waals surface area (Å²) >= 11 is -1.73. The van der Waals surface area contributed by atoms with E-state index in [1.807, 2.05) is 0 Å². The van der Waals surface area contributed by atoms with E-state index < -0.39 is 35.3 Å². The summed E-state index contributed by atoms with van der Waals surface area (Å²) in [5.41, 5.74) is 1.16. The number of alkyl halides is 3. The monoisotopic (exact) mass is 483 g/mol. The minimum absolute atomic E-state index is 0.0157. The first-order chi connectivity index (χ1) is 15.4. The number of nitrogens with zero attached hydrogens (tertiary/aromatic N) is 3. The van der Waals surface area contributed by atoms with Crippen molar-refractivity contribution < 1.29 is 32.0 Å². The van der Waals surface area contributed by atoms with E-state index in [1.54, 1.807) is 56.5 Å². The number of hydrogen-bond donors (Lipinski definition) is 0. The van der Waals surface area contributed by atoms with Crippen LogP contribution in [0.25, 0.3) is 11.0 Å². The third-order valence-corrected chi connectivity index (χ3v) is 5.93. The molecule has 0 radical (unpaired) electrons. The number of benzene rings is 1. The Morgan fingerprint density at radius 3 is 2.55 bits per heavy atom. The van der Waals surface area contributed by atoms with E-state index in [9.17, 15) is 22.5 Å². The van der Waals surface area contributed by atoms with E-state index in [1.165, 1.54) is 12.3 Å². The molecular weight excluding hydrogens is 459 g/mol. The van der Waals surface area contributed by atoms with Crippen LogP contribution in [0, 0.1) is 12.3 Å². The zero-order valence-corrected chi connectivity index (χ0v) is 19.4. The van der Waals surface area contributed by atoms with Crippen LogP contribution in [-0.4, -0.2) is 37.8 Å². The van der Waals surface area contributed by atoms with Gasteiger partial charge in [0.15, 0.2) is 19.1 Å². The minimum Gasteiger partial charge on any atom is -0.609 e. The van der Waals surface area contributed by atoms with E-state index in [0.717, 1.165) is 0 Å². The van der Waals surface area contributed by atoms with Gasteiger partial charge in [-0.05, 0) is 45.9 Å². The molecule has 3 aromatic rings. The molecule has 1 aromatic carbocycles. The van der Waals surface area contributed by atoms with Crippen molar-refractivity contribution in [1.82, 2.24) is 14.5 Å². The Labute approximate surface area is 192 Å². The molecule has 0 aliphatic heterocycles. The zero-order chi connectivity index (χ0) is 24.4. The fourth-order valence-corrected chi connectivity index (χ4v) is 4.17. The van der Waals surface area contributed by atoms with E-state index in [4.69, 9.17) is 9.47 Å². The number of carbonyl (C=O) groups excluding carboxylic acids is 1. The number of rotatable bonds is 7. The highest BCUT2D eigenvalue weighted by atomic mass is 32.2. The van der Waals surface area contributed by atoms with Crippen LogP contribution in [0.2, 0.25) is 0 Å². The lowest BCUT2D eigenvalue weighted by atomic mass is 9.98. The van der Waals surface area contributed by atoms with Gasteiger partial charge >= 0.3 is 17.3 Å². The van der Waals surface area contributed by atoms with Gasteiger partial charge < -0.3 is 14.0 Å². The second-order valence-corrected chi connectivity index (χ2v) is 9.74. The molecule has 0 N–H and O–H groups in total. The average Bonchev–Trinajstić information content (AvgIpc) is 3.10. The molecule has 11 heteroatoms. The molecule has 178 valence electrons. The number of fused-ring (bicyclic) bond motifs is 1. The molecule has 7 nitrogen and oxygen atoms in total. The van der Waals surface area contributed by atoms with Crippen LogP contribution in [0.3, 0.4) is 0 Å². The molecule has 33 heavy (non-hydrogen) atoms. The normalized spacial score (nSPS) is 13.2. The van der Waals surface area contributed by atoms with Crippen LogP contribution in [0.5, 0.6) is 5.75 Å². The van der Waals surface area contributed by atoms with Crippen LogP contribution in [-0.2, 0) is 33.2 Å². The van der Waals surface area contributed by atoms with Crippen LogP contribution in [0.15, 0.2) is 41.7 Å². The van der Waals surface area contributed by atoms with Crippen molar-refractivity contribution in [3.8, 4) is 5.75 Å². The number of hydrogen-bond acceptors (Lipinski definition) is 6. The van der Waals surface area contributed by atoms with Gasteiger partial charge in [-0.15, -0.1) is 0 Å². The van der Waals surface area contributed by atoms with E-state index in [2.05, 4.69) is 9.97 Å². The number of pyridine rings is 1. The molecular formula is C22H24F3N3O4S. The van der Waals surface area contributed by atoms with Crippen molar-refractivity contribution in [3.05, 3.63) is 47.8 Å². The Kier molecular flexibility index (Phi) is 7.23. The molecule has 0 aliphatic rings. The smallest absolute Gasteiger partial charge is 0.422 e. The third-order valence-electron chi connectivity index (χ3n) is 4.68. The van der Waals surface area contributed by atoms with E-state index in [-0.39, 0.29) is 23.4 Å². The van der Waals surface area contributed by atoms with Crippen molar-refractivity contribution in [2.24, 2.45) is 5.41 Å². The highest BCUT2D eigenvalue weighted by molar-refractivity contribution is 7.90. The first-order valence-corrected chi connectivity index (χ1v) is 11.3. The summed E-state index contributed by atoms with van der Waals surface area (Å²) < 4.78 is 62.6. The first-order valence-electron chi connectivity index (χ1n) is 10.0. The Morgan fingerprint density at radius 1 is 1.18 bits per heavy atom. The van der Waals surface area contributed by atoms with Gasteiger partial charge in [0, 0.05) is 22.9 Å². The van der Waals surface area contributed by atoms with E-state index >= 15 is 0 Å². The summed E-state index contributed by atoms with van der Waals surface area (Å²) in [6.07, 6.45) is -3.17. The maximum atomic E-state index is 13.3. The van der Waals surface area contributed by atoms with Crippen molar-refractivity contribution in [2.75, 3.05) is 6.61 Å². The van der Waals surface area contributed by atoms with Gasteiger partial charge in [0.25, 0.3) is 0 Å². The van der Waals surface area contributed by atoms with Crippen LogP contribution < -0.4 is 4.74 Å². The summed E-state index contributed by atoms with van der Waals surface area (Å²) in [6.45, 7) is 5.11. The Bertz CT molecular complexity index is 1140. The molecule has 0 saturated heterocycles. The van der Waals surface area contributed by atoms with Crippen molar-refractivity contribution >= 4 is 28.2 Å². The Morgan fingerprint density at radius 2 is 1.88 bits per heavy atom. The number of para-hydroxylation sites is 2. The summed E-state index contributed by atoms with van der Waals surface area (Å²) in [5, 5.41) is 0.167. The molecule has 0 bridgehead atoms. The second kappa shape index (κ2) is 9.60. The molecule has 1 atom stereocenters. The van der Waals surface area contributed by atoms with Crippen molar-refractivity contribution in [1.29, 1.82) is 0 Å². The summed E-state index contributed by atoms with van der Waals surface area (Å²) in [6, 6.07) is 8.40. The molecule has 2 heterocycles. The number of halogens is 3. The van der Waals surface area contributed by atoms with Crippen molar-refractivity contribution in [2.45, 2.75) is 51.5 Å². The fourth-order valence-electron chi connectivity index (χ4n) is 2.90. The molecule has 0 amide bonds. The summed E-state index contributed by atoms with van der Waals surface area (Å²) in [5.74, 6) is -0.517. The van der Waals surface area contributed by atoms with Gasteiger partial charge in [0.1, 0.15) is 5.75 Å². The standard InChI is InChI=1S/C22H24F3N3O4S/c1-14-16(26-10-9-18(14)31-12-22(23,24)25)11-33(30)20-27-15-7-5-6-8-17(15)28(20)13-32-19(29)21(2,3)4/h5-10H,11-13H2,1-4H3. The quantitative estimate of drug-likeness (QED) is 0.362. The lowest BCUT2D eigenvalue weighted by molar-refractivity contribution is -0.157. The molecule has 1 unspecified atom stereocenters. The molecule has 0 spiro atoms. The summed E-state index contributed by atoms with van der Waals surface area (Å²) in [7, 11) is 0.